The largest absolute Gasteiger partial charge is 0.236 e. The molecule has 2 nitrogen and oxygen atoms in total. The van der Waals surface area contributed by atoms with Crippen molar-refractivity contribution in [2.45, 2.75) is 13.8 Å². The van der Waals surface area contributed by atoms with Crippen molar-refractivity contribution < 1.29 is 0 Å². The van der Waals surface area contributed by atoms with Crippen LogP contribution in [-0.2, 0) is 0 Å². The monoisotopic (exact) mass is 310 g/mol. The van der Waals surface area contributed by atoms with Crippen molar-refractivity contribution >= 4 is 10.8 Å². The number of hydrogen-bond donors (Lipinski definition) is 0. The van der Waals surface area contributed by atoms with Crippen molar-refractivity contribution in [2.75, 3.05) is 0 Å². The van der Waals surface area contributed by atoms with Crippen LogP contribution in [0.2, 0.25) is 0 Å². The van der Waals surface area contributed by atoms with E-state index in [1.165, 1.54) is 27.5 Å². The maximum absolute atomic E-state index is 4.49. The predicted octanol–water partition coefficient (Wildman–Crippen LogP) is 5.58. The summed E-state index contributed by atoms with van der Waals surface area (Å²) in [4.78, 5) is 8.97. The Morgan fingerprint density at radius 1 is 0.667 bits per heavy atom. The van der Waals surface area contributed by atoms with E-state index in [4.69, 9.17) is 0 Å². The Balaban J connectivity index is 1.83. The summed E-state index contributed by atoms with van der Waals surface area (Å²) in [6.07, 6.45) is 1.65. The van der Waals surface area contributed by atoms with E-state index in [-0.39, 0.29) is 0 Å². The molecule has 0 atom stereocenters. The van der Waals surface area contributed by atoms with Crippen LogP contribution >= 0.6 is 0 Å². The van der Waals surface area contributed by atoms with Gasteiger partial charge in [-0.15, -0.1) is 0 Å². The van der Waals surface area contributed by atoms with Crippen molar-refractivity contribution in [3.8, 4) is 22.5 Å². The first-order chi connectivity index (χ1) is 11.7. The molecule has 0 aliphatic heterocycles. The summed E-state index contributed by atoms with van der Waals surface area (Å²) in [7, 11) is 0. The number of nitrogens with zero attached hydrogens (tertiary/aromatic N) is 2. The number of fused-ring (bicyclic) bond motifs is 1. The van der Waals surface area contributed by atoms with Gasteiger partial charge in [0, 0.05) is 11.1 Å². The first-order valence-electron chi connectivity index (χ1n) is 8.09. The van der Waals surface area contributed by atoms with Crippen molar-refractivity contribution in [2.24, 2.45) is 0 Å². The number of rotatable bonds is 2. The summed E-state index contributed by atoms with van der Waals surface area (Å²) in [5.41, 5.74) is 6.66. The normalized spacial score (nSPS) is 10.9. The minimum Gasteiger partial charge on any atom is -0.236 e. The molecular weight excluding hydrogens is 292 g/mol. The van der Waals surface area contributed by atoms with Gasteiger partial charge in [-0.05, 0) is 48.4 Å². The second-order valence-corrected chi connectivity index (χ2v) is 6.17. The van der Waals surface area contributed by atoms with Crippen molar-refractivity contribution in [1.29, 1.82) is 0 Å². The highest BCUT2D eigenvalue weighted by Gasteiger charge is 2.07. The molecule has 0 spiro atoms. The number of hydrogen-bond acceptors (Lipinski definition) is 2. The fraction of sp³-hybridized carbons (Fsp3) is 0.0909. The lowest BCUT2D eigenvalue weighted by Crippen LogP contribution is -1.92. The fourth-order valence-electron chi connectivity index (χ4n) is 3.02. The highest BCUT2D eigenvalue weighted by Crippen LogP contribution is 2.27. The van der Waals surface area contributed by atoms with Gasteiger partial charge >= 0.3 is 0 Å². The summed E-state index contributed by atoms with van der Waals surface area (Å²) in [6.45, 7) is 4.22. The van der Waals surface area contributed by atoms with Gasteiger partial charge in [0.15, 0.2) is 0 Å². The van der Waals surface area contributed by atoms with E-state index in [1.807, 2.05) is 0 Å². The summed E-state index contributed by atoms with van der Waals surface area (Å²) < 4.78 is 0. The van der Waals surface area contributed by atoms with Gasteiger partial charge in [-0.3, -0.25) is 0 Å². The van der Waals surface area contributed by atoms with Gasteiger partial charge in [0.2, 0.25) is 0 Å². The molecule has 0 saturated heterocycles. The van der Waals surface area contributed by atoms with Crippen LogP contribution in [0.1, 0.15) is 11.1 Å². The van der Waals surface area contributed by atoms with Crippen molar-refractivity contribution in [1.82, 2.24) is 9.97 Å². The molecule has 0 N–H and O–H groups in total. The smallest absolute Gasteiger partial charge is 0.116 e. The third kappa shape index (κ3) is 2.67. The Hall–Kier alpha value is -3.00. The van der Waals surface area contributed by atoms with Crippen LogP contribution in [0.25, 0.3) is 33.3 Å². The van der Waals surface area contributed by atoms with E-state index >= 15 is 0 Å². The fourth-order valence-corrected chi connectivity index (χ4v) is 3.02. The lowest BCUT2D eigenvalue weighted by Gasteiger charge is -2.09. The molecule has 0 amide bonds. The Bertz CT molecular complexity index is 1030. The molecule has 0 fully saturated rings. The maximum atomic E-state index is 4.49. The molecule has 4 aromatic rings. The molecule has 4 rings (SSSR count). The van der Waals surface area contributed by atoms with Crippen molar-refractivity contribution in [3.05, 3.63) is 84.2 Å². The number of benzene rings is 3. The van der Waals surface area contributed by atoms with E-state index < -0.39 is 0 Å². The average molecular weight is 310 g/mol. The molecule has 1 heterocycles. The SMILES string of the molecule is Cc1ccc(C)c(-c2cc(-c3ccc4ccccc4c3)ncn2)c1. The first-order valence-corrected chi connectivity index (χ1v) is 8.09. The summed E-state index contributed by atoms with van der Waals surface area (Å²) >= 11 is 0. The zero-order chi connectivity index (χ0) is 16.5. The number of aryl methyl sites for hydroxylation is 2. The van der Waals surface area contributed by atoms with Crippen LogP contribution in [0.3, 0.4) is 0 Å². The molecule has 24 heavy (non-hydrogen) atoms. The summed E-state index contributed by atoms with van der Waals surface area (Å²) in [6, 6.07) is 23.4. The summed E-state index contributed by atoms with van der Waals surface area (Å²) in [5.74, 6) is 0. The quantitative estimate of drug-likeness (QED) is 0.483. The Kier molecular flexibility index (Phi) is 3.58. The molecule has 0 radical (unpaired) electrons. The number of aromatic nitrogens is 2. The van der Waals surface area contributed by atoms with Gasteiger partial charge in [-0.25, -0.2) is 9.97 Å². The van der Waals surface area contributed by atoms with Crippen LogP contribution in [0.5, 0.6) is 0 Å². The van der Waals surface area contributed by atoms with E-state index in [0.717, 1.165) is 17.0 Å². The van der Waals surface area contributed by atoms with Crippen LogP contribution in [0.15, 0.2) is 73.1 Å². The second-order valence-electron chi connectivity index (χ2n) is 6.17. The third-order valence-electron chi connectivity index (χ3n) is 4.38. The molecule has 0 unspecified atom stereocenters. The predicted molar refractivity (Wildman–Crippen MR) is 99.9 cm³/mol. The molecule has 1 aromatic heterocycles. The third-order valence-corrected chi connectivity index (χ3v) is 4.38. The van der Waals surface area contributed by atoms with E-state index in [9.17, 15) is 0 Å². The average Bonchev–Trinajstić information content (AvgIpc) is 2.63. The first kappa shape index (κ1) is 14.6. The van der Waals surface area contributed by atoms with Gasteiger partial charge in [-0.1, -0.05) is 54.1 Å². The Morgan fingerprint density at radius 2 is 1.46 bits per heavy atom. The van der Waals surface area contributed by atoms with Gasteiger partial charge in [0.05, 0.1) is 11.4 Å². The maximum Gasteiger partial charge on any atom is 0.116 e. The van der Waals surface area contributed by atoms with E-state index in [1.54, 1.807) is 6.33 Å². The topological polar surface area (TPSA) is 25.8 Å². The van der Waals surface area contributed by atoms with Gasteiger partial charge in [0.1, 0.15) is 6.33 Å². The molecular formula is C22H18N2. The molecule has 0 aliphatic carbocycles. The molecule has 0 aliphatic rings. The molecule has 116 valence electrons. The van der Waals surface area contributed by atoms with Crippen LogP contribution in [0, 0.1) is 13.8 Å². The molecule has 0 bridgehead atoms. The minimum absolute atomic E-state index is 0.951. The van der Waals surface area contributed by atoms with Crippen LogP contribution in [-0.4, -0.2) is 9.97 Å². The standard InChI is InChI=1S/C22H18N2/c1-15-7-8-16(2)20(11-15)22-13-21(23-14-24-22)19-10-9-17-5-3-4-6-18(17)12-19/h3-14H,1-2H3. The highest BCUT2D eigenvalue weighted by atomic mass is 14.8. The highest BCUT2D eigenvalue weighted by molar-refractivity contribution is 5.87. The van der Waals surface area contributed by atoms with Gasteiger partial charge < -0.3 is 0 Å². The van der Waals surface area contributed by atoms with Gasteiger partial charge in [-0.2, -0.15) is 0 Å². The van der Waals surface area contributed by atoms with Crippen molar-refractivity contribution in [3.63, 3.8) is 0 Å². The van der Waals surface area contributed by atoms with Gasteiger partial charge in [0.25, 0.3) is 0 Å². The summed E-state index contributed by atoms with van der Waals surface area (Å²) in [5, 5.41) is 2.46. The van der Waals surface area contributed by atoms with Crippen LogP contribution < -0.4 is 0 Å². The zero-order valence-corrected chi connectivity index (χ0v) is 13.8. The van der Waals surface area contributed by atoms with E-state index in [0.29, 0.717) is 0 Å². The van der Waals surface area contributed by atoms with E-state index in [2.05, 4.69) is 90.5 Å². The molecule has 3 aromatic carbocycles. The van der Waals surface area contributed by atoms with Crippen LogP contribution in [0.4, 0.5) is 0 Å². The lowest BCUT2D eigenvalue weighted by molar-refractivity contribution is 1.17. The second kappa shape index (κ2) is 5.89. The Labute approximate surface area is 141 Å². The zero-order valence-electron chi connectivity index (χ0n) is 13.8. The Morgan fingerprint density at radius 3 is 2.33 bits per heavy atom. The minimum atomic E-state index is 0.951. The molecule has 0 saturated carbocycles. The molecule has 2 heteroatoms. The lowest BCUT2D eigenvalue weighted by atomic mass is 10.0.